The molecule has 1 heterocycles. The van der Waals surface area contributed by atoms with Crippen LogP contribution in [0.25, 0.3) is 6.08 Å². The lowest BCUT2D eigenvalue weighted by Crippen LogP contribution is -2.50. The molecule has 0 saturated carbocycles. The molecule has 1 aliphatic heterocycles. The van der Waals surface area contributed by atoms with Gasteiger partial charge in [-0.2, -0.15) is 0 Å². The number of carbonyl (C=O) groups excluding carboxylic acids is 3. The molecule has 0 N–H and O–H groups in total. The predicted molar refractivity (Wildman–Crippen MR) is 89.2 cm³/mol. The van der Waals surface area contributed by atoms with Gasteiger partial charge in [0.2, 0.25) is 0 Å². The summed E-state index contributed by atoms with van der Waals surface area (Å²) in [4.78, 5) is 35.5. The van der Waals surface area contributed by atoms with Gasteiger partial charge in [-0.05, 0) is 31.4 Å². The molecule has 8 heteroatoms. The number of carboxylic acid groups (broad SMARTS) is 2. The highest BCUT2D eigenvalue weighted by Crippen LogP contribution is 2.34. The number of aryl methyl sites for hydroxylation is 1. The van der Waals surface area contributed by atoms with Crippen LogP contribution in [0.15, 0.2) is 29.2 Å². The van der Waals surface area contributed by atoms with Crippen molar-refractivity contribution in [1.29, 1.82) is 0 Å². The van der Waals surface area contributed by atoms with Gasteiger partial charge in [0.25, 0.3) is 5.91 Å². The number of benzene rings is 1. The van der Waals surface area contributed by atoms with Gasteiger partial charge in [0, 0.05) is 5.97 Å². The Kier molecular flexibility index (Phi) is 5.74. The van der Waals surface area contributed by atoms with E-state index in [0.29, 0.717) is 0 Å². The molecule has 126 valence electrons. The third kappa shape index (κ3) is 4.21. The highest BCUT2D eigenvalue weighted by atomic mass is 32.2. The van der Waals surface area contributed by atoms with Crippen LogP contribution in [0.3, 0.4) is 0 Å². The summed E-state index contributed by atoms with van der Waals surface area (Å²) in [5, 5.41) is 21.9. The Labute approximate surface area is 148 Å². The van der Waals surface area contributed by atoms with E-state index < -0.39 is 30.3 Å². The molecule has 24 heavy (non-hydrogen) atoms. The van der Waals surface area contributed by atoms with Crippen LogP contribution in [0.4, 0.5) is 0 Å². The van der Waals surface area contributed by atoms with Gasteiger partial charge in [0.1, 0.15) is 4.32 Å². The monoisotopic (exact) mass is 363 g/mol. The smallest absolute Gasteiger partial charge is 0.266 e. The average molecular weight is 363 g/mol. The first-order valence-electron chi connectivity index (χ1n) is 7.04. The summed E-state index contributed by atoms with van der Waals surface area (Å²) in [6.45, 7) is 1.91. The van der Waals surface area contributed by atoms with E-state index in [1.165, 1.54) is 0 Å². The van der Waals surface area contributed by atoms with Gasteiger partial charge in [-0.3, -0.25) is 9.69 Å². The summed E-state index contributed by atoms with van der Waals surface area (Å²) < 4.78 is 0.0615. The zero-order valence-corrected chi connectivity index (χ0v) is 14.3. The number of hydrogen-bond donors (Lipinski definition) is 0. The first-order valence-corrected chi connectivity index (χ1v) is 8.26. The molecule has 1 saturated heterocycles. The summed E-state index contributed by atoms with van der Waals surface area (Å²) >= 11 is 6.06. The van der Waals surface area contributed by atoms with Crippen LogP contribution in [0, 0.1) is 6.92 Å². The Balaban J connectivity index is 2.26. The van der Waals surface area contributed by atoms with Crippen molar-refractivity contribution in [2.24, 2.45) is 0 Å². The number of thiocarbonyl (C=S) groups is 1. The molecule has 0 aromatic heterocycles. The fraction of sp³-hybridized carbons (Fsp3) is 0.250. The molecule has 1 aliphatic rings. The zero-order valence-electron chi connectivity index (χ0n) is 12.7. The van der Waals surface area contributed by atoms with E-state index in [1.807, 2.05) is 31.2 Å². The molecule has 0 aliphatic carbocycles. The minimum Gasteiger partial charge on any atom is -0.550 e. The molecule has 1 fully saturated rings. The Morgan fingerprint density at radius 1 is 1.38 bits per heavy atom. The topological polar surface area (TPSA) is 101 Å². The molecule has 1 aromatic carbocycles. The number of carbonyl (C=O) groups is 3. The van der Waals surface area contributed by atoms with Gasteiger partial charge in [-0.15, -0.1) is 0 Å². The van der Waals surface area contributed by atoms with Crippen LogP contribution in [0.1, 0.15) is 24.0 Å². The molecule has 2 rings (SSSR count). The SMILES string of the molecule is Cc1cccc(/C=C2\SC(=S)N([C@H](CCC(=O)[O-])C(=O)[O-])C2=O)c1. The lowest BCUT2D eigenvalue weighted by molar-refractivity contribution is -0.311. The first kappa shape index (κ1) is 18.2. The molecule has 1 atom stereocenters. The van der Waals surface area contributed by atoms with Crippen LogP contribution in [0.5, 0.6) is 0 Å². The minimum atomic E-state index is -1.55. The maximum Gasteiger partial charge on any atom is 0.266 e. The van der Waals surface area contributed by atoms with Crippen molar-refractivity contribution in [1.82, 2.24) is 4.90 Å². The fourth-order valence-corrected chi connectivity index (χ4v) is 3.62. The number of hydrogen-bond acceptors (Lipinski definition) is 7. The average Bonchev–Trinajstić information content (AvgIpc) is 2.74. The van der Waals surface area contributed by atoms with Crippen LogP contribution >= 0.6 is 24.0 Å². The minimum absolute atomic E-state index is 0.0615. The van der Waals surface area contributed by atoms with Crippen molar-refractivity contribution in [3.63, 3.8) is 0 Å². The summed E-state index contributed by atoms with van der Waals surface area (Å²) in [7, 11) is 0. The molecule has 1 aromatic rings. The third-order valence-corrected chi connectivity index (χ3v) is 4.70. The highest BCUT2D eigenvalue weighted by Gasteiger charge is 2.37. The molecule has 6 nitrogen and oxygen atoms in total. The lowest BCUT2D eigenvalue weighted by Gasteiger charge is -2.27. The van der Waals surface area contributed by atoms with Gasteiger partial charge in [0.05, 0.1) is 16.9 Å². The summed E-state index contributed by atoms with van der Waals surface area (Å²) in [5.41, 5.74) is 1.80. The number of nitrogens with zero attached hydrogens (tertiary/aromatic N) is 1. The fourth-order valence-electron chi connectivity index (χ4n) is 2.27. The summed E-state index contributed by atoms with van der Waals surface area (Å²) in [5.74, 6) is -3.52. The molecule has 0 unspecified atom stereocenters. The molecule has 1 amide bonds. The van der Waals surface area contributed by atoms with Crippen molar-refractivity contribution in [3.8, 4) is 0 Å². The predicted octanol–water partition coefficient (Wildman–Crippen LogP) is -0.155. The Hall–Kier alpha value is -2.19. The maximum absolute atomic E-state index is 12.5. The second kappa shape index (κ2) is 7.59. The van der Waals surface area contributed by atoms with Crippen LogP contribution < -0.4 is 10.2 Å². The number of amides is 1. The largest absolute Gasteiger partial charge is 0.550 e. The van der Waals surface area contributed by atoms with Crippen LogP contribution in [0.2, 0.25) is 0 Å². The van der Waals surface area contributed by atoms with Gasteiger partial charge < -0.3 is 19.8 Å². The lowest BCUT2D eigenvalue weighted by atomic mass is 10.1. The van der Waals surface area contributed by atoms with E-state index in [-0.39, 0.29) is 15.6 Å². The van der Waals surface area contributed by atoms with Gasteiger partial charge in [-0.25, -0.2) is 0 Å². The molecule has 0 bridgehead atoms. The first-order chi connectivity index (χ1) is 11.3. The second-order valence-electron chi connectivity index (χ2n) is 5.21. The van der Waals surface area contributed by atoms with Crippen molar-refractivity contribution in [2.45, 2.75) is 25.8 Å². The van der Waals surface area contributed by atoms with Crippen molar-refractivity contribution in [3.05, 3.63) is 40.3 Å². The Morgan fingerprint density at radius 2 is 2.08 bits per heavy atom. The third-order valence-electron chi connectivity index (χ3n) is 3.37. The normalized spacial score (nSPS) is 17.4. The van der Waals surface area contributed by atoms with E-state index in [1.54, 1.807) is 6.08 Å². The number of carboxylic acids is 2. The zero-order chi connectivity index (χ0) is 17.9. The van der Waals surface area contributed by atoms with Crippen molar-refractivity contribution in [2.75, 3.05) is 0 Å². The maximum atomic E-state index is 12.5. The van der Waals surface area contributed by atoms with Crippen LogP contribution in [-0.2, 0) is 14.4 Å². The van der Waals surface area contributed by atoms with E-state index in [0.717, 1.165) is 27.8 Å². The van der Waals surface area contributed by atoms with Gasteiger partial charge in [-0.1, -0.05) is 53.8 Å². The number of thioether (sulfide) groups is 1. The Morgan fingerprint density at radius 3 is 2.67 bits per heavy atom. The van der Waals surface area contributed by atoms with Gasteiger partial charge in [0.15, 0.2) is 0 Å². The quantitative estimate of drug-likeness (QED) is 0.511. The van der Waals surface area contributed by atoms with Crippen molar-refractivity contribution >= 4 is 52.2 Å². The van der Waals surface area contributed by atoms with E-state index >= 15 is 0 Å². The second-order valence-corrected chi connectivity index (χ2v) is 6.89. The number of rotatable bonds is 6. The summed E-state index contributed by atoms with van der Waals surface area (Å²) in [6.07, 6.45) is 0.791. The molecular weight excluding hydrogens is 350 g/mol. The standard InChI is InChI=1S/C16H15NO5S2/c1-9-3-2-4-10(7-9)8-12-14(20)17(16(23)24-12)11(15(21)22)5-6-13(18)19/h2-4,7-8,11H,5-6H2,1H3,(H,18,19)(H,21,22)/p-2/b12-8-/t11-/m1/s1. The van der Waals surface area contributed by atoms with E-state index in [9.17, 15) is 24.6 Å². The molecular formula is C16H13NO5S2-2. The van der Waals surface area contributed by atoms with Gasteiger partial charge >= 0.3 is 0 Å². The highest BCUT2D eigenvalue weighted by molar-refractivity contribution is 8.26. The number of aliphatic carboxylic acids is 2. The molecule has 0 spiro atoms. The van der Waals surface area contributed by atoms with E-state index in [2.05, 4.69) is 0 Å². The van der Waals surface area contributed by atoms with Crippen LogP contribution in [-0.4, -0.2) is 33.1 Å². The van der Waals surface area contributed by atoms with E-state index in [4.69, 9.17) is 12.2 Å². The van der Waals surface area contributed by atoms with Crippen molar-refractivity contribution < 1.29 is 24.6 Å². The summed E-state index contributed by atoms with van der Waals surface area (Å²) in [6, 6.07) is 6.00. The Bertz CT molecular complexity index is 744. The molecule has 0 radical (unpaired) electrons.